The van der Waals surface area contributed by atoms with E-state index in [1.54, 1.807) is 0 Å². The number of rotatable bonds is 0. The number of benzene rings is 1. The molecule has 1 nitrogen and oxygen atoms in total. The molecule has 0 aliphatic heterocycles. The topological polar surface area (TPSA) is 20.2 Å². The summed E-state index contributed by atoms with van der Waals surface area (Å²) in [4.78, 5) is 0. The van der Waals surface area contributed by atoms with Crippen LogP contribution in [0.1, 0.15) is 33.3 Å². The monoisotopic (exact) mass is 204 g/mol. The summed E-state index contributed by atoms with van der Waals surface area (Å²) in [5.41, 5.74) is 0.0707. The minimum absolute atomic E-state index is 0.0707. The third-order valence-electron chi connectivity index (χ3n) is 1.28. The van der Waals surface area contributed by atoms with Crippen molar-refractivity contribution in [1.82, 2.24) is 0 Å². The lowest BCUT2D eigenvalue weighted by Gasteiger charge is -1.98. The maximum atomic E-state index is 12.4. The summed E-state index contributed by atoms with van der Waals surface area (Å²) in [5.74, 6) is -1.84. The predicted molar refractivity (Wildman–Crippen MR) is 55.5 cm³/mol. The minimum Gasteiger partial charge on any atom is -0.507 e. The Morgan fingerprint density at radius 2 is 1.43 bits per heavy atom. The molecule has 0 heterocycles. The highest BCUT2D eigenvalue weighted by molar-refractivity contribution is 5.32. The highest BCUT2D eigenvalue weighted by Crippen LogP contribution is 2.19. The van der Waals surface area contributed by atoms with E-state index in [4.69, 9.17) is 5.11 Å². The molecule has 0 amide bonds. The first-order valence-electron chi connectivity index (χ1n) is 4.76. The number of aromatic hydroxyl groups is 1. The van der Waals surface area contributed by atoms with Crippen LogP contribution in [-0.4, -0.2) is 5.11 Å². The lowest BCUT2D eigenvalue weighted by Crippen LogP contribution is -1.84. The molecule has 82 valence electrons. The van der Waals surface area contributed by atoms with Gasteiger partial charge in [0.1, 0.15) is 17.4 Å². The van der Waals surface area contributed by atoms with Crippen LogP contribution in [0.25, 0.3) is 0 Å². The Labute approximate surface area is 84.4 Å². The van der Waals surface area contributed by atoms with Gasteiger partial charge in [-0.15, -0.1) is 0 Å². The van der Waals surface area contributed by atoms with Gasteiger partial charge in [0.2, 0.25) is 0 Å². The van der Waals surface area contributed by atoms with E-state index in [1.807, 2.05) is 27.7 Å². The van der Waals surface area contributed by atoms with Crippen LogP contribution in [0, 0.1) is 18.6 Å². The Bertz CT molecular complexity index is 236. The Balaban J connectivity index is 0. The van der Waals surface area contributed by atoms with Crippen molar-refractivity contribution in [3.63, 3.8) is 0 Å². The molecule has 0 radical (unpaired) electrons. The van der Waals surface area contributed by atoms with Gasteiger partial charge in [-0.2, -0.15) is 0 Å². The van der Waals surface area contributed by atoms with Crippen molar-refractivity contribution in [3.8, 4) is 5.75 Å². The van der Waals surface area contributed by atoms with Gasteiger partial charge in [0.15, 0.2) is 0 Å². The molecule has 14 heavy (non-hydrogen) atoms. The van der Waals surface area contributed by atoms with E-state index in [9.17, 15) is 8.78 Å². The molecule has 0 aromatic heterocycles. The fourth-order valence-electron chi connectivity index (χ4n) is 0.632. The van der Waals surface area contributed by atoms with Gasteiger partial charge >= 0.3 is 0 Å². The lowest BCUT2D eigenvalue weighted by molar-refractivity contribution is 0.454. The highest BCUT2D eigenvalue weighted by Gasteiger charge is 2.04. The number of phenols is 1. The normalized spacial score (nSPS) is 7.93. The van der Waals surface area contributed by atoms with Crippen molar-refractivity contribution in [3.05, 3.63) is 29.3 Å². The predicted octanol–water partition coefficient (Wildman–Crippen LogP) is 4.03. The SMILES string of the molecule is CC.CC.Cc1c(O)cc(F)cc1F. The highest BCUT2D eigenvalue weighted by atomic mass is 19.1. The molecule has 0 bridgehead atoms. The fraction of sp³-hybridized carbons (Fsp3) is 0.455. The maximum Gasteiger partial charge on any atom is 0.132 e. The second-order valence-corrected chi connectivity index (χ2v) is 2.03. The second-order valence-electron chi connectivity index (χ2n) is 2.03. The second kappa shape index (κ2) is 8.48. The first-order valence-corrected chi connectivity index (χ1v) is 4.76. The van der Waals surface area contributed by atoms with E-state index in [1.165, 1.54) is 6.92 Å². The molecule has 0 saturated heterocycles. The summed E-state index contributed by atoms with van der Waals surface area (Å²) in [6, 6.07) is 1.60. The van der Waals surface area contributed by atoms with E-state index in [2.05, 4.69) is 0 Å². The van der Waals surface area contributed by atoms with Gasteiger partial charge in [-0.25, -0.2) is 8.78 Å². The van der Waals surface area contributed by atoms with Crippen molar-refractivity contribution < 1.29 is 13.9 Å². The molecule has 0 atom stereocenters. The Morgan fingerprint density at radius 3 is 1.79 bits per heavy atom. The molecule has 0 aliphatic rings. The Morgan fingerprint density at radius 1 is 1.00 bits per heavy atom. The van der Waals surface area contributed by atoms with E-state index >= 15 is 0 Å². The lowest BCUT2D eigenvalue weighted by atomic mass is 10.2. The molecule has 1 N–H and O–H groups in total. The fourth-order valence-corrected chi connectivity index (χ4v) is 0.632. The molecular weight excluding hydrogens is 186 g/mol. The van der Waals surface area contributed by atoms with Crippen LogP contribution in [0.2, 0.25) is 0 Å². The molecule has 1 rings (SSSR count). The maximum absolute atomic E-state index is 12.4. The van der Waals surface area contributed by atoms with Crippen molar-refractivity contribution in [2.75, 3.05) is 0 Å². The summed E-state index contributed by atoms with van der Waals surface area (Å²) in [6.45, 7) is 9.38. The van der Waals surface area contributed by atoms with Crippen molar-refractivity contribution >= 4 is 0 Å². The largest absolute Gasteiger partial charge is 0.507 e. The van der Waals surface area contributed by atoms with Crippen LogP contribution in [0.15, 0.2) is 12.1 Å². The van der Waals surface area contributed by atoms with Crippen LogP contribution in [-0.2, 0) is 0 Å². The molecule has 0 fully saturated rings. The Hall–Kier alpha value is -1.12. The zero-order valence-electron chi connectivity index (χ0n) is 9.36. The molecule has 1 aromatic rings. The van der Waals surface area contributed by atoms with Gasteiger partial charge in [0.25, 0.3) is 0 Å². The third-order valence-corrected chi connectivity index (χ3v) is 1.28. The van der Waals surface area contributed by atoms with Gasteiger partial charge < -0.3 is 5.11 Å². The first kappa shape index (κ1) is 15.4. The molecule has 0 spiro atoms. The molecule has 0 unspecified atom stereocenters. The Kier molecular flexibility index (Phi) is 9.30. The molecule has 0 aliphatic carbocycles. The standard InChI is InChI=1S/C7H6F2O.2C2H6/c1-4-6(9)2-5(8)3-7(4)10;2*1-2/h2-3,10H,1H3;2*1-2H3. The van der Waals surface area contributed by atoms with Crippen LogP contribution in [0.5, 0.6) is 5.75 Å². The van der Waals surface area contributed by atoms with Gasteiger partial charge in [0.05, 0.1) is 0 Å². The average molecular weight is 204 g/mol. The van der Waals surface area contributed by atoms with Crippen LogP contribution < -0.4 is 0 Å². The van der Waals surface area contributed by atoms with Crippen LogP contribution in [0.4, 0.5) is 8.78 Å². The molecule has 1 aromatic carbocycles. The van der Waals surface area contributed by atoms with E-state index in [-0.39, 0.29) is 11.3 Å². The summed E-state index contributed by atoms with van der Waals surface area (Å²) >= 11 is 0. The van der Waals surface area contributed by atoms with E-state index < -0.39 is 11.6 Å². The summed E-state index contributed by atoms with van der Waals surface area (Å²) in [7, 11) is 0. The number of phenolic OH excluding ortho intramolecular Hbond substituents is 1. The first-order chi connectivity index (χ1) is 6.61. The van der Waals surface area contributed by atoms with Crippen LogP contribution in [0.3, 0.4) is 0 Å². The van der Waals surface area contributed by atoms with Crippen molar-refractivity contribution in [1.29, 1.82) is 0 Å². The van der Waals surface area contributed by atoms with E-state index in [0.29, 0.717) is 0 Å². The average Bonchev–Trinajstić information content (AvgIpc) is 2.20. The van der Waals surface area contributed by atoms with Gasteiger partial charge in [0, 0.05) is 17.7 Å². The molecular formula is C11H18F2O. The van der Waals surface area contributed by atoms with Crippen LogP contribution >= 0.6 is 0 Å². The van der Waals surface area contributed by atoms with Gasteiger partial charge in [-0.05, 0) is 6.92 Å². The third kappa shape index (κ3) is 4.80. The van der Waals surface area contributed by atoms with Gasteiger partial charge in [-0.3, -0.25) is 0 Å². The quantitative estimate of drug-likeness (QED) is 0.676. The molecule has 0 saturated carbocycles. The van der Waals surface area contributed by atoms with Crippen molar-refractivity contribution in [2.45, 2.75) is 34.6 Å². The molecule has 3 heteroatoms. The minimum atomic E-state index is -0.763. The smallest absolute Gasteiger partial charge is 0.132 e. The van der Waals surface area contributed by atoms with E-state index in [0.717, 1.165) is 12.1 Å². The summed E-state index contributed by atoms with van der Waals surface area (Å²) < 4.78 is 24.6. The number of hydrogen-bond donors (Lipinski definition) is 1. The van der Waals surface area contributed by atoms with Crippen molar-refractivity contribution in [2.24, 2.45) is 0 Å². The van der Waals surface area contributed by atoms with Gasteiger partial charge in [-0.1, -0.05) is 27.7 Å². The summed E-state index contributed by atoms with van der Waals surface area (Å²) in [6.07, 6.45) is 0. The summed E-state index contributed by atoms with van der Waals surface area (Å²) in [5, 5.41) is 8.80. The zero-order valence-corrected chi connectivity index (χ0v) is 9.36. The number of hydrogen-bond acceptors (Lipinski definition) is 1. The number of halogens is 2. The zero-order chi connectivity index (χ0) is 11.7.